The van der Waals surface area contributed by atoms with Gasteiger partial charge in [0.05, 0.1) is 0 Å². The van der Waals surface area contributed by atoms with E-state index in [0.29, 0.717) is 0 Å². The van der Waals surface area contributed by atoms with Crippen molar-refractivity contribution in [3.8, 4) is 0 Å². The fraction of sp³-hybridized carbons (Fsp3) is 0.182. The Morgan fingerprint density at radius 2 is 1.94 bits per heavy atom. The number of nitrogens with two attached hydrogens (primary N) is 2. The van der Waals surface area contributed by atoms with Crippen LogP contribution in [0.2, 0.25) is 0 Å². The van der Waals surface area contributed by atoms with Gasteiger partial charge >= 0.3 is 0 Å². The Morgan fingerprint density at radius 1 is 1.38 bits per heavy atom. The summed E-state index contributed by atoms with van der Waals surface area (Å²) < 4.78 is 26.0. The van der Waals surface area contributed by atoms with Gasteiger partial charge in [-0.15, -0.1) is 0 Å². The van der Waals surface area contributed by atoms with E-state index in [2.05, 4.69) is 11.7 Å². The Hall–Kier alpha value is -1.91. The molecule has 0 atom stereocenters. The molecule has 0 bridgehead atoms. The van der Waals surface area contributed by atoms with Gasteiger partial charge in [-0.2, -0.15) is 5.10 Å². The topological polar surface area (TPSA) is 64.4 Å². The highest BCUT2D eigenvalue weighted by atomic mass is 19.1. The minimum atomic E-state index is -0.749. The van der Waals surface area contributed by atoms with Crippen LogP contribution >= 0.6 is 0 Å². The van der Waals surface area contributed by atoms with E-state index in [9.17, 15) is 8.78 Å². The Morgan fingerprint density at radius 3 is 2.38 bits per heavy atom. The van der Waals surface area contributed by atoms with Crippen molar-refractivity contribution in [2.75, 3.05) is 0 Å². The molecule has 0 amide bonds. The third kappa shape index (κ3) is 3.05. The van der Waals surface area contributed by atoms with Gasteiger partial charge in [0.25, 0.3) is 0 Å². The third-order valence-corrected chi connectivity index (χ3v) is 1.71. The summed E-state index contributed by atoms with van der Waals surface area (Å²) in [6.07, 6.45) is 1.22. The van der Waals surface area contributed by atoms with Crippen molar-refractivity contribution in [1.82, 2.24) is 0 Å². The molecule has 1 rings (SSSR count). The Bertz CT molecular complexity index is 400. The van der Waals surface area contributed by atoms with Gasteiger partial charge in [0.1, 0.15) is 11.6 Å². The molecule has 16 heavy (non-hydrogen) atoms. The molecule has 0 heterocycles. The van der Waals surface area contributed by atoms with Crippen LogP contribution < -0.4 is 11.6 Å². The maximum absolute atomic E-state index is 13.1. The van der Waals surface area contributed by atoms with Gasteiger partial charge in [-0.05, 0) is 6.07 Å². The normalized spacial score (nSPS) is 10.4. The van der Waals surface area contributed by atoms with E-state index in [1.54, 1.807) is 0 Å². The number of hydrogen-bond donors (Lipinski definition) is 2. The lowest BCUT2D eigenvalue weighted by Crippen LogP contribution is -2.17. The van der Waals surface area contributed by atoms with Crippen LogP contribution in [0.15, 0.2) is 23.8 Å². The molecule has 0 aliphatic heterocycles. The van der Waals surface area contributed by atoms with Crippen LogP contribution in [0.1, 0.15) is 25.0 Å². The number of hydrogen-bond acceptors (Lipinski definition) is 2. The minimum absolute atomic E-state index is 0.0816. The number of halogens is 2. The van der Waals surface area contributed by atoms with E-state index in [0.717, 1.165) is 12.1 Å². The summed E-state index contributed by atoms with van der Waals surface area (Å²) in [7, 11) is 0. The van der Waals surface area contributed by atoms with Gasteiger partial charge in [-0.3, -0.25) is 0 Å². The molecule has 88 valence electrons. The smallest absolute Gasteiger partial charge is 0.151 e. The van der Waals surface area contributed by atoms with E-state index in [-0.39, 0.29) is 17.0 Å². The molecule has 0 aliphatic rings. The van der Waals surface area contributed by atoms with Crippen molar-refractivity contribution < 1.29 is 8.78 Å². The van der Waals surface area contributed by atoms with Gasteiger partial charge in [0, 0.05) is 17.2 Å². The third-order valence-electron chi connectivity index (χ3n) is 1.71. The zero-order valence-electron chi connectivity index (χ0n) is 9.30. The lowest BCUT2D eigenvalue weighted by Gasteiger charge is -2.05. The zero-order valence-corrected chi connectivity index (χ0v) is 9.30. The van der Waals surface area contributed by atoms with Crippen LogP contribution in [0, 0.1) is 11.6 Å². The summed E-state index contributed by atoms with van der Waals surface area (Å²) in [4.78, 5) is 0. The molecule has 0 radical (unpaired) electrons. The quantitative estimate of drug-likeness (QED) is 0.352. The predicted molar refractivity (Wildman–Crippen MR) is 62.7 cm³/mol. The summed E-state index contributed by atoms with van der Waals surface area (Å²) in [6.45, 7) is 7.38. The average molecular weight is 227 g/mol. The molecule has 0 saturated heterocycles. The zero-order chi connectivity index (χ0) is 12.7. The largest absolute Gasteiger partial charge is 0.382 e. The van der Waals surface area contributed by atoms with Gasteiger partial charge < -0.3 is 11.6 Å². The standard InChI is InChI=1S/C9H9F2N3.C2H6/c1-2-6-7(9(12)14-13)3-5(10)4-8(6)11;1-2/h2-4H,1,13H2,(H2,12,14);1-2H3. The minimum Gasteiger partial charge on any atom is -0.382 e. The maximum Gasteiger partial charge on any atom is 0.151 e. The van der Waals surface area contributed by atoms with Gasteiger partial charge in [0.2, 0.25) is 0 Å². The lowest BCUT2D eigenvalue weighted by molar-refractivity contribution is 0.581. The average Bonchev–Trinajstić information content (AvgIpc) is 2.29. The molecular formula is C11H15F2N3. The summed E-state index contributed by atoms with van der Waals surface area (Å²) in [5, 5.41) is 3.16. The molecule has 5 heteroatoms. The number of amidine groups is 1. The molecule has 0 aromatic heterocycles. The van der Waals surface area contributed by atoms with Gasteiger partial charge in [-0.25, -0.2) is 8.78 Å². The Balaban J connectivity index is 0.00000106. The Labute approximate surface area is 93.4 Å². The molecule has 0 unspecified atom stereocenters. The van der Waals surface area contributed by atoms with Crippen LogP contribution in [0.5, 0.6) is 0 Å². The van der Waals surface area contributed by atoms with E-state index in [4.69, 9.17) is 11.6 Å². The van der Waals surface area contributed by atoms with Crippen molar-refractivity contribution in [1.29, 1.82) is 0 Å². The summed E-state index contributed by atoms with van der Waals surface area (Å²) in [5.74, 6) is 3.28. The van der Waals surface area contributed by atoms with Crippen LogP contribution in [0.4, 0.5) is 8.78 Å². The van der Waals surface area contributed by atoms with Crippen LogP contribution in [-0.2, 0) is 0 Å². The van der Waals surface area contributed by atoms with Crippen molar-refractivity contribution >= 4 is 11.9 Å². The van der Waals surface area contributed by atoms with E-state index >= 15 is 0 Å². The van der Waals surface area contributed by atoms with Crippen LogP contribution in [0.25, 0.3) is 6.08 Å². The second-order valence-electron chi connectivity index (χ2n) is 2.57. The number of nitrogens with zero attached hydrogens (tertiary/aromatic N) is 1. The second kappa shape index (κ2) is 6.55. The van der Waals surface area contributed by atoms with E-state index < -0.39 is 11.6 Å². The highest BCUT2D eigenvalue weighted by molar-refractivity contribution is 6.00. The molecule has 3 nitrogen and oxygen atoms in total. The van der Waals surface area contributed by atoms with Crippen molar-refractivity contribution in [2.45, 2.75) is 13.8 Å². The fourth-order valence-corrected chi connectivity index (χ4v) is 1.07. The molecular weight excluding hydrogens is 212 g/mol. The van der Waals surface area contributed by atoms with E-state index in [1.165, 1.54) is 6.08 Å². The van der Waals surface area contributed by atoms with E-state index in [1.807, 2.05) is 13.8 Å². The lowest BCUT2D eigenvalue weighted by atomic mass is 10.1. The highest BCUT2D eigenvalue weighted by Crippen LogP contribution is 2.16. The SMILES string of the molecule is C=Cc1c(F)cc(F)cc1/C(N)=N/N.CC. The molecule has 0 aliphatic carbocycles. The molecule has 0 spiro atoms. The first kappa shape index (κ1) is 14.1. The fourth-order valence-electron chi connectivity index (χ4n) is 1.07. The molecule has 0 fully saturated rings. The van der Waals surface area contributed by atoms with Gasteiger partial charge in [-0.1, -0.05) is 26.5 Å². The number of rotatable bonds is 2. The maximum atomic E-state index is 13.1. The first-order valence-corrected chi connectivity index (χ1v) is 4.75. The number of benzene rings is 1. The van der Waals surface area contributed by atoms with Crippen LogP contribution in [-0.4, -0.2) is 5.84 Å². The first-order valence-electron chi connectivity index (χ1n) is 4.75. The Kier molecular flexibility index (Phi) is 5.77. The molecule has 0 saturated carbocycles. The summed E-state index contributed by atoms with van der Waals surface area (Å²) in [5.41, 5.74) is 5.53. The summed E-state index contributed by atoms with van der Waals surface area (Å²) in [6, 6.07) is 1.79. The molecule has 1 aromatic rings. The first-order chi connectivity index (χ1) is 7.60. The van der Waals surface area contributed by atoms with Gasteiger partial charge in [0.15, 0.2) is 5.84 Å². The van der Waals surface area contributed by atoms with Crippen molar-refractivity contribution in [2.24, 2.45) is 16.7 Å². The second-order valence-corrected chi connectivity index (χ2v) is 2.57. The monoisotopic (exact) mass is 227 g/mol. The summed E-state index contributed by atoms with van der Waals surface area (Å²) >= 11 is 0. The van der Waals surface area contributed by atoms with Crippen LogP contribution in [0.3, 0.4) is 0 Å². The van der Waals surface area contributed by atoms with Crippen molar-refractivity contribution in [3.05, 3.63) is 41.5 Å². The molecule has 1 aromatic carbocycles. The molecule has 4 N–H and O–H groups in total. The van der Waals surface area contributed by atoms with Crippen molar-refractivity contribution in [3.63, 3.8) is 0 Å². The highest BCUT2D eigenvalue weighted by Gasteiger charge is 2.11. The number of hydrazone groups is 1. The predicted octanol–water partition coefficient (Wildman–Crippen LogP) is 2.21.